The Morgan fingerprint density at radius 2 is 1.67 bits per heavy atom. The highest BCUT2D eigenvalue weighted by atomic mass is 16.4. The molecule has 0 aliphatic heterocycles. The molecule has 0 saturated heterocycles. The fourth-order valence-corrected chi connectivity index (χ4v) is 3.65. The molecule has 1 saturated carbocycles. The zero-order chi connectivity index (χ0) is 15.0. The monoisotopic (exact) mass is 286 g/mol. The second-order valence-electron chi connectivity index (χ2n) is 5.86. The molecule has 3 rings (SSSR count). The number of carboxylic acid groups (broad SMARTS) is 2. The Hall–Kier alpha value is -2.10. The summed E-state index contributed by atoms with van der Waals surface area (Å²) in [6.45, 7) is 0. The molecular formula is C17H18O4. The Morgan fingerprint density at radius 3 is 2.29 bits per heavy atom. The zero-order valence-corrected chi connectivity index (χ0v) is 11.7. The van der Waals surface area contributed by atoms with Crippen LogP contribution in [0.15, 0.2) is 23.8 Å². The van der Waals surface area contributed by atoms with Crippen molar-refractivity contribution in [3.05, 3.63) is 40.5 Å². The summed E-state index contributed by atoms with van der Waals surface area (Å²) in [4.78, 5) is 22.8. The molecule has 110 valence electrons. The molecule has 0 bridgehead atoms. The first kappa shape index (κ1) is 13.9. The molecule has 1 atom stereocenters. The summed E-state index contributed by atoms with van der Waals surface area (Å²) >= 11 is 0. The number of hydrogen-bond acceptors (Lipinski definition) is 2. The lowest BCUT2D eigenvalue weighted by Crippen LogP contribution is -2.16. The molecule has 1 unspecified atom stereocenters. The van der Waals surface area contributed by atoms with Gasteiger partial charge in [-0.2, -0.15) is 0 Å². The van der Waals surface area contributed by atoms with Gasteiger partial charge in [0.2, 0.25) is 0 Å². The summed E-state index contributed by atoms with van der Waals surface area (Å²) < 4.78 is 0. The smallest absolute Gasteiger partial charge is 0.332 e. The van der Waals surface area contributed by atoms with Crippen molar-refractivity contribution < 1.29 is 19.8 Å². The molecule has 1 aromatic rings. The van der Waals surface area contributed by atoms with E-state index in [1.165, 1.54) is 19.3 Å². The Bertz CT molecular complexity index is 624. The Morgan fingerprint density at radius 1 is 1.00 bits per heavy atom. The molecule has 4 heteroatoms. The predicted octanol–water partition coefficient (Wildman–Crippen LogP) is 3.38. The molecule has 1 aromatic carbocycles. The van der Waals surface area contributed by atoms with E-state index in [4.69, 9.17) is 0 Å². The van der Waals surface area contributed by atoms with Crippen molar-refractivity contribution in [3.8, 4) is 0 Å². The number of benzene rings is 1. The van der Waals surface area contributed by atoms with Crippen molar-refractivity contribution in [2.45, 2.75) is 43.9 Å². The molecule has 0 spiro atoms. The first-order valence-corrected chi connectivity index (χ1v) is 7.40. The van der Waals surface area contributed by atoms with Crippen LogP contribution >= 0.6 is 0 Å². The van der Waals surface area contributed by atoms with Gasteiger partial charge in [-0.1, -0.05) is 37.5 Å². The van der Waals surface area contributed by atoms with Crippen molar-refractivity contribution in [2.24, 2.45) is 0 Å². The molecule has 0 heterocycles. The Balaban J connectivity index is 2.08. The molecule has 1 fully saturated rings. The SMILES string of the molecule is O=C(O)C1=Cc2c(C3CCCCC3)cccc2C1C(=O)O. The van der Waals surface area contributed by atoms with E-state index >= 15 is 0 Å². The van der Waals surface area contributed by atoms with Crippen molar-refractivity contribution in [2.75, 3.05) is 0 Å². The van der Waals surface area contributed by atoms with Crippen LogP contribution in [0.5, 0.6) is 0 Å². The van der Waals surface area contributed by atoms with Crippen LogP contribution in [0.25, 0.3) is 6.08 Å². The van der Waals surface area contributed by atoms with E-state index in [-0.39, 0.29) is 5.57 Å². The van der Waals surface area contributed by atoms with Gasteiger partial charge in [0.15, 0.2) is 0 Å². The summed E-state index contributed by atoms with van der Waals surface area (Å²) in [6, 6.07) is 5.62. The highest BCUT2D eigenvalue weighted by Crippen LogP contribution is 2.43. The topological polar surface area (TPSA) is 74.6 Å². The first-order valence-electron chi connectivity index (χ1n) is 7.40. The molecule has 2 aliphatic carbocycles. The molecule has 0 amide bonds. The van der Waals surface area contributed by atoms with E-state index in [1.54, 1.807) is 12.1 Å². The average Bonchev–Trinajstić information content (AvgIpc) is 2.87. The van der Waals surface area contributed by atoms with Gasteiger partial charge in [-0.05, 0) is 41.5 Å². The maximum atomic E-state index is 11.5. The summed E-state index contributed by atoms with van der Waals surface area (Å²) in [5.74, 6) is -2.86. The summed E-state index contributed by atoms with van der Waals surface area (Å²) in [7, 11) is 0. The van der Waals surface area contributed by atoms with Gasteiger partial charge >= 0.3 is 11.9 Å². The van der Waals surface area contributed by atoms with Crippen molar-refractivity contribution in [3.63, 3.8) is 0 Å². The average molecular weight is 286 g/mol. The van der Waals surface area contributed by atoms with Crippen LogP contribution in [-0.4, -0.2) is 22.2 Å². The minimum atomic E-state index is -1.15. The fourth-order valence-electron chi connectivity index (χ4n) is 3.65. The van der Waals surface area contributed by atoms with Gasteiger partial charge in [0.05, 0.1) is 5.57 Å². The number of rotatable bonds is 3. The third-order valence-corrected chi connectivity index (χ3v) is 4.63. The van der Waals surface area contributed by atoms with Crippen molar-refractivity contribution in [1.29, 1.82) is 0 Å². The van der Waals surface area contributed by atoms with Crippen LogP contribution in [0.3, 0.4) is 0 Å². The van der Waals surface area contributed by atoms with Crippen molar-refractivity contribution >= 4 is 18.0 Å². The van der Waals surface area contributed by atoms with Gasteiger partial charge in [0.25, 0.3) is 0 Å². The Labute approximate surface area is 123 Å². The van der Waals surface area contributed by atoms with Crippen LogP contribution in [0.2, 0.25) is 0 Å². The quantitative estimate of drug-likeness (QED) is 0.893. The second kappa shape index (κ2) is 5.35. The third kappa shape index (κ3) is 2.35. The second-order valence-corrected chi connectivity index (χ2v) is 5.86. The van der Waals surface area contributed by atoms with Gasteiger partial charge in [-0.25, -0.2) is 4.79 Å². The number of carbonyl (C=O) groups is 2. The van der Waals surface area contributed by atoms with E-state index in [9.17, 15) is 19.8 Å². The van der Waals surface area contributed by atoms with Crippen molar-refractivity contribution in [1.82, 2.24) is 0 Å². The number of hydrogen-bond donors (Lipinski definition) is 2. The van der Waals surface area contributed by atoms with E-state index in [0.717, 1.165) is 24.0 Å². The Kier molecular flexibility index (Phi) is 3.53. The minimum absolute atomic E-state index is 0.0271. The van der Waals surface area contributed by atoms with Crippen LogP contribution in [0.4, 0.5) is 0 Å². The fraction of sp³-hybridized carbons (Fsp3) is 0.412. The van der Waals surface area contributed by atoms with Gasteiger partial charge in [0, 0.05) is 0 Å². The van der Waals surface area contributed by atoms with Crippen LogP contribution in [-0.2, 0) is 9.59 Å². The standard InChI is InChI=1S/C17H18O4/c18-16(19)14-9-13-11(10-5-2-1-3-6-10)7-4-8-12(13)15(14)17(20)21/h4,7-10,15H,1-3,5-6H2,(H,18,19)(H,20,21). The molecular weight excluding hydrogens is 268 g/mol. The zero-order valence-electron chi connectivity index (χ0n) is 11.7. The maximum absolute atomic E-state index is 11.5. The van der Waals surface area contributed by atoms with Gasteiger partial charge in [0.1, 0.15) is 5.92 Å². The predicted molar refractivity (Wildman–Crippen MR) is 78.3 cm³/mol. The lowest BCUT2D eigenvalue weighted by Gasteiger charge is -2.24. The van der Waals surface area contributed by atoms with E-state index in [2.05, 4.69) is 0 Å². The number of carboxylic acids is 2. The third-order valence-electron chi connectivity index (χ3n) is 4.63. The van der Waals surface area contributed by atoms with E-state index in [0.29, 0.717) is 11.5 Å². The molecule has 0 aromatic heterocycles. The normalized spacial score (nSPS) is 21.7. The van der Waals surface area contributed by atoms with Gasteiger partial charge in [-0.3, -0.25) is 4.79 Å². The molecule has 2 N–H and O–H groups in total. The largest absolute Gasteiger partial charge is 0.481 e. The van der Waals surface area contributed by atoms with E-state index in [1.807, 2.05) is 12.1 Å². The summed E-state index contributed by atoms with van der Waals surface area (Å²) in [5.41, 5.74) is 2.55. The van der Waals surface area contributed by atoms with Crippen LogP contribution in [0, 0.1) is 0 Å². The van der Waals surface area contributed by atoms with Crippen LogP contribution in [0.1, 0.15) is 60.6 Å². The summed E-state index contributed by atoms with van der Waals surface area (Å²) in [5, 5.41) is 18.7. The first-order chi connectivity index (χ1) is 10.1. The summed E-state index contributed by atoms with van der Waals surface area (Å²) in [6.07, 6.45) is 7.40. The molecule has 2 aliphatic rings. The lowest BCUT2D eigenvalue weighted by molar-refractivity contribution is -0.141. The number of fused-ring (bicyclic) bond motifs is 1. The van der Waals surface area contributed by atoms with Crippen LogP contribution < -0.4 is 0 Å². The molecule has 21 heavy (non-hydrogen) atoms. The highest BCUT2D eigenvalue weighted by Gasteiger charge is 2.36. The molecule has 4 nitrogen and oxygen atoms in total. The van der Waals surface area contributed by atoms with Gasteiger partial charge in [-0.15, -0.1) is 0 Å². The van der Waals surface area contributed by atoms with E-state index < -0.39 is 17.9 Å². The maximum Gasteiger partial charge on any atom is 0.332 e. The lowest BCUT2D eigenvalue weighted by atomic mass is 9.81. The molecule has 0 radical (unpaired) electrons. The van der Waals surface area contributed by atoms with Gasteiger partial charge < -0.3 is 10.2 Å². The highest BCUT2D eigenvalue weighted by molar-refractivity contribution is 6.04. The minimum Gasteiger partial charge on any atom is -0.481 e. The number of aliphatic carboxylic acids is 2.